The maximum Gasteiger partial charge on any atom is 0.410 e. The van der Waals surface area contributed by atoms with Gasteiger partial charge in [-0.1, -0.05) is 11.8 Å². The van der Waals surface area contributed by atoms with Gasteiger partial charge in [0.1, 0.15) is 5.82 Å². The Hall–Kier alpha value is -1.80. The number of amidine groups is 1. The highest BCUT2D eigenvalue weighted by atomic mass is 32.2. The maximum atomic E-state index is 14.6. The van der Waals surface area contributed by atoms with Crippen LogP contribution in [-0.4, -0.2) is 35.3 Å². The van der Waals surface area contributed by atoms with Crippen LogP contribution in [0.15, 0.2) is 23.2 Å². The van der Waals surface area contributed by atoms with E-state index in [1.807, 2.05) is 0 Å². The van der Waals surface area contributed by atoms with Crippen molar-refractivity contribution < 1.29 is 19.0 Å². The van der Waals surface area contributed by atoms with Crippen molar-refractivity contribution in [1.29, 1.82) is 0 Å². The first kappa shape index (κ1) is 17.0. The van der Waals surface area contributed by atoms with Gasteiger partial charge in [0.2, 0.25) is 0 Å². The Labute approximate surface area is 143 Å². The van der Waals surface area contributed by atoms with E-state index in [9.17, 15) is 9.18 Å². The molecule has 0 saturated heterocycles. The lowest BCUT2D eigenvalue weighted by Gasteiger charge is -2.46. The molecule has 1 amide bonds. The smallest absolute Gasteiger partial charge is 0.410 e. The molecule has 0 spiro atoms. The number of amides is 1. The number of benzene rings is 1. The minimum atomic E-state index is -1.17. The molecule has 1 saturated carbocycles. The van der Waals surface area contributed by atoms with Gasteiger partial charge in [-0.05, 0) is 37.5 Å². The van der Waals surface area contributed by atoms with Gasteiger partial charge in [-0.2, -0.15) is 0 Å². The van der Waals surface area contributed by atoms with E-state index in [0.29, 0.717) is 28.6 Å². The third-order valence-corrected chi connectivity index (χ3v) is 5.83. The molecule has 24 heavy (non-hydrogen) atoms. The molecule has 0 bridgehead atoms. The third-order valence-electron chi connectivity index (χ3n) is 4.80. The van der Waals surface area contributed by atoms with Crippen LogP contribution in [0.1, 0.15) is 24.8 Å². The van der Waals surface area contributed by atoms with E-state index < -0.39 is 11.6 Å². The van der Waals surface area contributed by atoms with Crippen LogP contribution in [0.4, 0.5) is 14.9 Å². The van der Waals surface area contributed by atoms with Gasteiger partial charge in [-0.15, -0.1) is 0 Å². The number of ether oxygens (including phenoxy) is 1. The number of nitrogens with zero attached hydrogens (tertiary/aromatic N) is 1. The number of aliphatic imine (C=N–C) groups is 1. The zero-order valence-electron chi connectivity index (χ0n) is 13.3. The van der Waals surface area contributed by atoms with Crippen LogP contribution >= 0.6 is 11.8 Å². The fourth-order valence-corrected chi connectivity index (χ4v) is 4.78. The topological polar surface area (TPSA) is 96.9 Å². The molecule has 1 aliphatic heterocycles. The van der Waals surface area contributed by atoms with Crippen LogP contribution in [0.25, 0.3) is 0 Å². The number of nitrogens with two attached hydrogens (primary N) is 1. The van der Waals surface area contributed by atoms with Gasteiger partial charge in [0.25, 0.3) is 0 Å². The lowest BCUT2D eigenvalue weighted by atomic mass is 9.68. The quantitative estimate of drug-likeness (QED) is 0.711. The third kappa shape index (κ3) is 3.08. The summed E-state index contributed by atoms with van der Waals surface area (Å²) in [6, 6.07) is 4.48. The number of halogens is 1. The Morgan fingerprint density at radius 2 is 2.38 bits per heavy atom. The van der Waals surface area contributed by atoms with E-state index in [1.165, 1.54) is 23.9 Å². The summed E-state index contributed by atoms with van der Waals surface area (Å²) in [7, 11) is 1.68. The highest BCUT2D eigenvalue weighted by molar-refractivity contribution is 8.13. The second kappa shape index (κ2) is 6.60. The van der Waals surface area contributed by atoms with Gasteiger partial charge in [-0.3, -0.25) is 10.3 Å². The summed E-state index contributed by atoms with van der Waals surface area (Å²) < 4.78 is 20.1. The molecule has 0 aromatic heterocycles. The fraction of sp³-hybridized carbons (Fsp3) is 0.500. The molecule has 8 heteroatoms. The Kier molecular flexibility index (Phi) is 4.69. The van der Waals surface area contributed by atoms with Crippen molar-refractivity contribution in [2.45, 2.75) is 30.9 Å². The number of rotatable bonds is 2. The molecule has 4 N–H and O–H groups in total. The van der Waals surface area contributed by atoms with Crippen molar-refractivity contribution in [1.82, 2.24) is 5.32 Å². The van der Waals surface area contributed by atoms with E-state index in [4.69, 9.17) is 15.6 Å². The first-order chi connectivity index (χ1) is 11.4. The minimum Gasteiger partial charge on any atom is -0.465 e. The van der Waals surface area contributed by atoms with E-state index in [0.717, 1.165) is 12.8 Å². The summed E-state index contributed by atoms with van der Waals surface area (Å²) in [5, 5.41) is 11.6. The maximum absolute atomic E-state index is 14.6. The number of nitrogen functional groups attached to an aromatic ring is 1. The van der Waals surface area contributed by atoms with Gasteiger partial charge in [0, 0.05) is 30.0 Å². The largest absolute Gasteiger partial charge is 0.465 e. The summed E-state index contributed by atoms with van der Waals surface area (Å²) in [6.45, 7) is 0. The van der Waals surface area contributed by atoms with Gasteiger partial charge in [-0.25, -0.2) is 9.18 Å². The van der Waals surface area contributed by atoms with Crippen molar-refractivity contribution >= 4 is 28.7 Å². The summed E-state index contributed by atoms with van der Waals surface area (Å²) >= 11 is 1.34. The van der Waals surface area contributed by atoms with Gasteiger partial charge in [0.05, 0.1) is 11.6 Å². The van der Waals surface area contributed by atoms with Crippen LogP contribution < -0.4 is 11.1 Å². The van der Waals surface area contributed by atoms with E-state index >= 15 is 0 Å². The van der Waals surface area contributed by atoms with E-state index in [1.54, 1.807) is 13.2 Å². The molecule has 6 nitrogen and oxygen atoms in total. The van der Waals surface area contributed by atoms with Crippen LogP contribution in [-0.2, 0) is 10.3 Å². The highest BCUT2D eigenvalue weighted by Crippen LogP contribution is 2.50. The average molecular weight is 353 g/mol. The van der Waals surface area contributed by atoms with Crippen molar-refractivity contribution in [2.24, 2.45) is 10.9 Å². The predicted molar refractivity (Wildman–Crippen MR) is 91.7 cm³/mol. The van der Waals surface area contributed by atoms with Gasteiger partial charge >= 0.3 is 6.09 Å². The molecular weight excluding hydrogens is 333 g/mol. The zero-order chi connectivity index (χ0) is 17.3. The molecule has 1 fully saturated rings. The molecule has 3 atom stereocenters. The van der Waals surface area contributed by atoms with Gasteiger partial charge in [0.15, 0.2) is 5.17 Å². The monoisotopic (exact) mass is 353 g/mol. The van der Waals surface area contributed by atoms with Crippen LogP contribution in [0.3, 0.4) is 0 Å². The SMILES string of the molecule is COC1CCC2(c3cc(N)ccc3F)N=C(NC(=O)O)SCC2C1. The molecule has 130 valence electrons. The van der Waals surface area contributed by atoms with Crippen molar-refractivity contribution in [3.63, 3.8) is 0 Å². The number of hydrogen-bond acceptors (Lipinski definition) is 5. The summed E-state index contributed by atoms with van der Waals surface area (Å²) in [4.78, 5) is 15.6. The summed E-state index contributed by atoms with van der Waals surface area (Å²) in [5.41, 5.74) is 5.96. The molecular formula is C16H20FN3O3S. The molecule has 1 aromatic rings. The number of nitrogens with one attached hydrogen (secondary N) is 1. The Morgan fingerprint density at radius 3 is 3.08 bits per heavy atom. The molecule has 2 aliphatic rings. The fourth-order valence-electron chi connectivity index (χ4n) is 3.62. The number of thioether (sulfide) groups is 1. The molecule has 0 radical (unpaired) electrons. The number of carboxylic acid groups (broad SMARTS) is 1. The number of hydrogen-bond donors (Lipinski definition) is 3. The van der Waals surface area contributed by atoms with Crippen molar-refractivity contribution in [3.8, 4) is 0 Å². The Morgan fingerprint density at radius 1 is 1.58 bits per heavy atom. The summed E-state index contributed by atoms with van der Waals surface area (Å²) in [6.07, 6.45) is 1.00. The highest BCUT2D eigenvalue weighted by Gasteiger charge is 2.49. The van der Waals surface area contributed by atoms with Crippen LogP contribution in [0.2, 0.25) is 0 Å². The van der Waals surface area contributed by atoms with Crippen molar-refractivity contribution in [2.75, 3.05) is 18.6 Å². The Bertz CT molecular complexity index is 685. The molecule has 3 rings (SSSR count). The van der Waals surface area contributed by atoms with Crippen molar-refractivity contribution in [3.05, 3.63) is 29.6 Å². The standard InChI is InChI=1S/C16H20FN3O3S/c1-23-11-4-5-16(12-7-10(18)2-3-13(12)17)9(6-11)8-24-14(20-16)19-15(21)22/h2-3,7,9,11H,4-6,8,18H2,1H3,(H,19,20)(H,21,22). The average Bonchev–Trinajstić information content (AvgIpc) is 2.55. The molecule has 1 aromatic carbocycles. The number of carbonyl (C=O) groups is 1. The number of fused-ring (bicyclic) bond motifs is 1. The predicted octanol–water partition coefficient (Wildman–Crippen LogP) is 2.79. The second-order valence-corrected chi connectivity index (χ2v) is 7.16. The lowest BCUT2D eigenvalue weighted by Crippen LogP contribution is -2.47. The lowest BCUT2D eigenvalue weighted by molar-refractivity contribution is 0.0229. The zero-order valence-corrected chi connectivity index (χ0v) is 14.1. The summed E-state index contributed by atoms with van der Waals surface area (Å²) in [5.74, 6) is 0.333. The normalized spacial score (nSPS) is 29.5. The molecule has 1 aliphatic carbocycles. The second-order valence-electron chi connectivity index (χ2n) is 6.15. The number of anilines is 1. The molecule has 3 unspecified atom stereocenters. The van der Waals surface area contributed by atoms with Crippen LogP contribution in [0, 0.1) is 11.7 Å². The van der Waals surface area contributed by atoms with Gasteiger partial charge < -0.3 is 15.6 Å². The van der Waals surface area contributed by atoms with Crippen LogP contribution in [0.5, 0.6) is 0 Å². The first-order valence-electron chi connectivity index (χ1n) is 7.75. The minimum absolute atomic E-state index is 0.0526. The molecule has 1 heterocycles. The number of methoxy groups -OCH3 is 1. The van der Waals surface area contributed by atoms with E-state index in [2.05, 4.69) is 10.3 Å². The first-order valence-corrected chi connectivity index (χ1v) is 8.74. The Balaban J connectivity index is 2.08. The van der Waals surface area contributed by atoms with E-state index in [-0.39, 0.29) is 17.8 Å².